The molecule has 140 valence electrons. The third-order valence-corrected chi connectivity index (χ3v) is 5.22. The Balaban J connectivity index is 1.79. The molecule has 0 unspecified atom stereocenters. The molecule has 2 N–H and O–H groups in total. The van der Waals surface area contributed by atoms with Crippen LogP contribution in [0, 0.1) is 6.92 Å². The minimum Gasteiger partial charge on any atom is -0.493 e. The molecule has 0 aliphatic heterocycles. The first kappa shape index (κ1) is 18.1. The number of aromatic nitrogens is 3. The van der Waals surface area contributed by atoms with Gasteiger partial charge in [0.1, 0.15) is 5.56 Å². The molecule has 0 saturated heterocycles. The fourth-order valence-electron chi connectivity index (χ4n) is 2.68. The van der Waals surface area contributed by atoms with E-state index in [1.165, 1.54) is 17.6 Å². The number of aromatic hydroxyl groups is 1. The maximum atomic E-state index is 12.2. The van der Waals surface area contributed by atoms with Crippen molar-refractivity contribution in [1.29, 1.82) is 0 Å². The molecular weight excluding hydrogens is 400 g/mol. The molecule has 0 saturated carbocycles. The standard InChI is InChI=1S/C19H13ClN4O3S/c1-10-2-7-14-15(8-10)28-18(22-14)21-9-13-16(25)23-19(27)24(17(13)26)12-5-3-11(20)4-6-12/h2-9,26H,1H3,(H,23,25,27). The van der Waals surface area contributed by atoms with E-state index in [2.05, 4.69) is 15.0 Å². The summed E-state index contributed by atoms with van der Waals surface area (Å²) in [6.45, 7) is 1.99. The molecule has 2 aromatic carbocycles. The van der Waals surface area contributed by atoms with E-state index in [9.17, 15) is 14.7 Å². The Kier molecular flexibility index (Phi) is 4.58. The third kappa shape index (κ3) is 3.35. The summed E-state index contributed by atoms with van der Waals surface area (Å²) in [6.07, 6.45) is 1.20. The van der Waals surface area contributed by atoms with Crippen LogP contribution in [0.1, 0.15) is 11.1 Å². The Morgan fingerprint density at radius 3 is 2.71 bits per heavy atom. The van der Waals surface area contributed by atoms with Crippen LogP contribution in [-0.4, -0.2) is 25.9 Å². The normalized spacial score (nSPS) is 11.5. The van der Waals surface area contributed by atoms with Gasteiger partial charge in [0.15, 0.2) is 0 Å². The van der Waals surface area contributed by atoms with E-state index in [-0.39, 0.29) is 5.56 Å². The first-order valence-corrected chi connectivity index (χ1v) is 9.37. The SMILES string of the molecule is Cc1ccc2nc(N=Cc3c(O)n(-c4ccc(Cl)cc4)c(=O)[nH]c3=O)sc2c1. The topological polar surface area (TPSA) is 100 Å². The highest BCUT2D eigenvalue weighted by atomic mass is 35.5. The van der Waals surface area contributed by atoms with E-state index < -0.39 is 17.1 Å². The number of hydrogen-bond donors (Lipinski definition) is 2. The van der Waals surface area contributed by atoms with Crippen LogP contribution >= 0.6 is 22.9 Å². The van der Waals surface area contributed by atoms with Crippen LogP contribution in [0.15, 0.2) is 57.0 Å². The average Bonchev–Trinajstić information content (AvgIpc) is 3.04. The number of aliphatic imine (C=N–C) groups is 1. The quantitative estimate of drug-likeness (QED) is 0.502. The summed E-state index contributed by atoms with van der Waals surface area (Å²) >= 11 is 7.22. The molecule has 0 fully saturated rings. The highest BCUT2D eigenvalue weighted by Crippen LogP contribution is 2.28. The number of hydrogen-bond acceptors (Lipinski definition) is 6. The summed E-state index contributed by atoms with van der Waals surface area (Å²) in [5.74, 6) is -0.517. The van der Waals surface area contributed by atoms with E-state index in [1.807, 2.05) is 25.1 Å². The number of halogens is 1. The number of rotatable bonds is 3. The largest absolute Gasteiger partial charge is 0.493 e. The Labute approximate surface area is 167 Å². The summed E-state index contributed by atoms with van der Waals surface area (Å²) < 4.78 is 1.94. The number of fused-ring (bicyclic) bond motifs is 1. The summed E-state index contributed by atoms with van der Waals surface area (Å²) in [7, 11) is 0. The van der Waals surface area contributed by atoms with Gasteiger partial charge >= 0.3 is 5.69 Å². The lowest BCUT2D eigenvalue weighted by Gasteiger charge is -2.09. The van der Waals surface area contributed by atoms with Gasteiger partial charge in [0.25, 0.3) is 5.56 Å². The maximum absolute atomic E-state index is 12.2. The summed E-state index contributed by atoms with van der Waals surface area (Å²) in [6, 6.07) is 12.1. The van der Waals surface area contributed by atoms with Crippen molar-refractivity contribution in [1.82, 2.24) is 14.5 Å². The number of nitrogens with zero attached hydrogens (tertiary/aromatic N) is 3. The van der Waals surface area contributed by atoms with Gasteiger partial charge in [0.2, 0.25) is 11.0 Å². The molecule has 0 aliphatic rings. The number of H-pyrrole nitrogens is 1. The van der Waals surface area contributed by atoms with Gasteiger partial charge in [-0.3, -0.25) is 9.78 Å². The Hall–Kier alpha value is -3.23. The van der Waals surface area contributed by atoms with Crippen molar-refractivity contribution >= 4 is 44.5 Å². The van der Waals surface area contributed by atoms with Gasteiger partial charge in [0, 0.05) is 11.2 Å². The third-order valence-electron chi connectivity index (χ3n) is 4.04. The highest BCUT2D eigenvalue weighted by molar-refractivity contribution is 7.22. The second kappa shape index (κ2) is 7.06. The van der Waals surface area contributed by atoms with E-state index in [4.69, 9.17) is 11.6 Å². The van der Waals surface area contributed by atoms with Crippen LogP contribution in [0.5, 0.6) is 5.88 Å². The number of aromatic amines is 1. The molecule has 4 aromatic rings. The molecule has 0 amide bonds. The van der Waals surface area contributed by atoms with Crippen LogP contribution in [0.25, 0.3) is 15.9 Å². The van der Waals surface area contributed by atoms with Crippen molar-refractivity contribution in [3.05, 3.63) is 79.5 Å². The summed E-state index contributed by atoms with van der Waals surface area (Å²) in [5, 5.41) is 11.4. The Bertz CT molecular complexity index is 1340. The number of thiazole rings is 1. The van der Waals surface area contributed by atoms with Gasteiger partial charge in [-0.15, -0.1) is 0 Å². The van der Waals surface area contributed by atoms with Gasteiger partial charge in [0.05, 0.1) is 15.9 Å². The number of nitrogens with one attached hydrogen (secondary N) is 1. The smallest absolute Gasteiger partial charge is 0.335 e. The van der Waals surface area contributed by atoms with E-state index in [1.54, 1.807) is 24.3 Å². The van der Waals surface area contributed by atoms with Crippen molar-refractivity contribution in [2.24, 2.45) is 4.99 Å². The molecule has 2 aromatic heterocycles. The van der Waals surface area contributed by atoms with Crippen LogP contribution in [0.3, 0.4) is 0 Å². The van der Waals surface area contributed by atoms with Crippen molar-refractivity contribution in [2.45, 2.75) is 6.92 Å². The predicted molar refractivity (Wildman–Crippen MR) is 111 cm³/mol. The Morgan fingerprint density at radius 1 is 1.21 bits per heavy atom. The molecule has 0 radical (unpaired) electrons. The van der Waals surface area contributed by atoms with Crippen molar-refractivity contribution in [3.8, 4) is 11.6 Å². The van der Waals surface area contributed by atoms with Gasteiger partial charge in [-0.1, -0.05) is 29.0 Å². The first-order valence-electron chi connectivity index (χ1n) is 8.18. The molecule has 7 nitrogen and oxygen atoms in total. The second-order valence-electron chi connectivity index (χ2n) is 6.03. The lowest BCUT2D eigenvalue weighted by molar-refractivity contribution is 0.430. The summed E-state index contributed by atoms with van der Waals surface area (Å²) in [4.78, 5) is 35.1. The van der Waals surface area contributed by atoms with Gasteiger partial charge < -0.3 is 5.11 Å². The highest BCUT2D eigenvalue weighted by Gasteiger charge is 2.14. The second-order valence-corrected chi connectivity index (χ2v) is 7.48. The maximum Gasteiger partial charge on any atom is 0.335 e. The molecule has 0 atom stereocenters. The Morgan fingerprint density at radius 2 is 1.96 bits per heavy atom. The van der Waals surface area contributed by atoms with E-state index in [0.29, 0.717) is 15.8 Å². The number of benzene rings is 2. The predicted octanol–water partition coefficient (Wildman–Crippen LogP) is 3.55. The zero-order chi connectivity index (χ0) is 19.8. The average molecular weight is 413 g/mol. The van der Waals surface area contributed by atoms with Crippen LogP contribution in [-0.2, 0) is 0 Å². The van der Waals surface area contributed by atoms with Crippen LogP contribution < -0.4 is 11.2 Å². The zero-order valence-electron chi connectivity index (χ0n) is 14.5. The monoisotopic (exact) mass is 412 g/mol. The summed E-state index contributed by atoms with van der Waals surface area (Å²) in [5.41, 5.74) is 0.604. The van der Waals surface area contributed by atoms with Crippen LogP contribution in [0.2, 0.25) is 5.02 Å². The minimum atomic E-state index is -0.766. The molecule has 0 spiro atoms. The molecule has 28 heavy (non-hydrogen) atoms. The molecule has 4 rings (SSSR count). The van der Waals surface area contributed by atoms with Crippen molar-refractivity contribution < 1.29 is 5.11 Å². The molecular formula is C19H13ClN4O3S. The lowest BCUT2D eigenvalue weighted by atomic mass is 10.2. The minimum absolute atomic E-state index is 0.148. The molecule has 0 bridgehead atoms. The fourth-order valence-corrected chi connectivity index (χ4v) is 3.71. The van der Waals surface area contributed by atoms with Crippen molar-refractivity contribution in [2.75, 3.05) is 0 Å². The van der Waals surface area contributed by atoms with Gasteiger partial charge in [-0.05, 0) is 48.9 Å². The van der Waals surface area contributed by atoms with E-state index in [0.717, 1.165) is 20.3 Å². The van der Waals surface area contributed by atoms with Gasteiger partial charge in [-0.25, -0.2) is 19.3 Å². The first-order chi connectivity index (χ1) is 13.4. The van der Waals surface area contributed by atoms with Crippen LogP contribution in [0.4, 0.5) is 5.13 Å². The lowest BCUT2D eigenvalue weighted by Crippen LogP contribution is -2.31. The molecule has 9 heteroatoms. The van der Waals surface area contributed by atoms with Gasteiger partial charge in [-0.2, -0.15) is 0 Å². The fraction of sp³-hybridized carbons (Fsp3) is 0.0526. The number of aryl methyl sites for hydroxylation is 1. The van der Waals surface area contributed by atoms with Crippen molar-refractivity contribution in [3.63, 3.8) is 0 Å². The zero-order valence-corrected chi connectivity index (χ0v) is 16.1. The molecule has 0 aliphatic carbocycles. The van der Waals surface area contributed by atoms with E-state index >= 15 is 0 Å². The molecule has 2 heterocycles.